The molecular weight excluding hydrogens is 326 g/mol. The van der Waals surface area contributed by atoms with Crippen LogP contribution in [0.2, 0.25) is 0 Å². The topological polar surface area (TPSA) is 38.3 Å². The van der Waals surface area contributed by atoms with E-state index in [4.69, 9.17) is 4.74 Å². The predicted molar refractivity (Wildman–Crippen MR) is 94.4 cm³/mol. The molecule has 23 heavy (non-hydrogen) atoms. The van der Waals surface area contributed by atoms with Gasteiger partial charge < -0.3 is 10.1 Å². The average Bonchev–Trinajstić information content (AvgIpc) is 3.24. The Morgan fingerprint density at radius 3 is 3.04 bits per heavy atom. The first-order valence-corrected chi connectivity index (χ1v) is 9.21. The highest BCUT2D eigenvalue weighted by Crippen LogP contribution is 2.42. The Kier molecular flexibility index (Phi) is 3.89. The van der Waals surface area contributed by atoms with Crippen LogP contribution < -0.4 is 10.1 Å². The zero-order valence-electron chi connectivity index (χ0n) is 12.4. The SMILES string of the molecule is O=C(NCCc1ccsc1)c1cc2c(s1)-c1ccccc1OC2. The summed E-state index contributed by atoms with van der Waals surface area (Å²) in [7, 11) is 0. The second-order valence-corrected chi connectivity index (χ2v) is 7.22. The highest BCUT2D eigenvalue weighted by Gasteiger charge is 2.22. The summed E-state index contributed by atoms with van der Waals surface area (Å²) in [6.07, 6.45) is 0.867. The maximum Gasteiger partial charge on any atom is 0.261 e. The summed E-state index contributed by atoms with van der Waals surface area (Å²) in [5.74, 6) is 0.892. The first kappa shape index (κ1) is 14.5. The first-order valence-electron chi connectivity index (χ1n) is 7.45. The van der Waals surface area contributed by atoms with Gasteiger partial charge in [0, 0.05) is 22.5 Å². The largest absolute Gasteiger partial charge is 0.488 e. The lowest BCUT2D eigenvalue weighted by Crippen LogP contribution is -2.24. The van der Waals surface area contributed by atoms with Crippen LogP contribution in [0.1, 0.15) is 20.8 Å². The van der Waals surface area contributed by atoms with Crippen molar-refractivity contribution in [3.8, 4) is 16.2 Å². The molecular formula is C18H15NO2S2. The third-order valence-corrected chi connectivity index (χ3v) is 5.77. The van der Waals surface area contributed by atoms with Gasteiger partial charge in [-0.2, -0.15) is 11.3 Å². The van der Waals surface area contributed by atoms with Gasteiger partial charge in [-0.25, -0.2) is 0 Å². The zero-order chi connectivity index (χ0) is 15.6. The van der Waals surface area contributed by atoms with Crippen molar-refractivity contribution in [2.45, 2.75) is 13.0 Å². The second-order valence-electron chi connectivity index (χ2n) is 5.39. The molecule has 0 aliphatic carbocycles. The number of rotatable bonds is 4. The van der Waals surface area contributed by atoms with Gasteiger partial charge in [0.1, 0.15) is 12.4 Å². The van der Waals surface area contributed by atoms with Gasteiger partial charge in [0.25, 0.3) is 5.91 Å². The normalized spacial score (nSPS) is 12.2. The summed E-state index contributed by atoms with van der Waals surface area (Å²) in [5, 5.41) is 7.18. The van der Waals surface area contributed by atoms with Crippen molar-refractivity contribution in [3.63, 3.8) is 0 Å². The number of hydrogen-bond donors (Lipinski definition) is 1. The van der Waals surface area contributed by atoms with E-state index in [1.165, 1.54) is 5.56 Å². The Hall–Kier alpha value is -2.11. The highest BCUT2D eigenvalue weighted by atomic mass is 32.1. The molecule has 0 spiro atoms. The van der Waals surface area contributed by atoms with Crippen molar-refractivity contribution in [2.24, 2.45) is 0 Å². The van der Waals surface area contributed by atoms with Gasteiger partial charge in [0.2, 0.25) is 0 Å². The Bertz CT molecular complexity index is 837. The molecule has 2 aromatic heterocycles. The number of amides is 1. The third kappa shape index (κ3) is 2.90. The van der Waals surface area contributed by atoms with Crippen LogP contribution in [0.25, 0.3) is 10.4 Å². The Labute approximate surface area is 142 Å². The number of fused-ring (bicyclic) bond motifs is 3. The molecule has 1 aliphatic rings. The summed E-state index contributed by atoms with van der Waals surface area (Å²) in [6, 6.07) is 12.0. The summed E-state index contributed by atoms with van der Waals surface area (Å²) in [5.41, 5.74) is 3.44. The van der Waals surface area contributed by atoms with Crippen LogP contribution >= 0.6 is 22.7 Å². The lowest BCUT2D eigenvalue weighted by atomic mass is 10.1. The summed E-state index contributed by atoms with van der Waals surface area (Å²) in [4.78, 5) is 14.3. The molecule has 1 amide bonds. The van der Waals surface area contributed by atoms with Gasteiger partial charge in [-0.05, 0) is 47.0 Å². The minimum Gasteiger partial charge on any atom is -0.488 e. The molecule has 5 heteroatoms. The molecule has 0 bridgehead atoms. The number of carbonyl (C=O) groups is 1. The number of para-hydroxylation sites is 1. The van der Waals surface area contributed by atoms with E-state index < -0.39 is 0 Å². The monoisotopic (exact) mass is 341 g/mol. The molecule has 0 radical (unpaired) electrons. The van der Waals surface area contributed by atoms with E-state index in [0.29, 0.717) is 13.2 Å². The molecule has 0 saturated carbocycles. The van der Waals surface area contributed by atoms with Crippen LogP contribution in [0.15, 0.2) is 47.2 Å². The molecule has 116 valence electrons. The van der Waals surface area contributed by atoms with E-state index in [1.54, 1.807) is 22.7 Å². The van der Waals surface area contributed by atoms with E-state index in [2.05, 4.69) is 22.1 Å². The summed E-state index contributed by atoms with van der Waals surface area (Å²) in [6.45, 7) is 1.19. The van der Waals surface area contributed by atoms with Gasteiger partial charge >= 0.3 is 0 Å². The molecule has 0 saturated heterocycles. The zero-order valence-corrected chi connectivity index (χ0v) is 14.0. The maximum absolute atomic E-state index is 12.4. The minimum atomic E-state index is -0.00268. The molecule has 4 rings (SSSR count). The molecule has 3 aromatic rings. The van der Waals surface area contributed by atoms with Crippen molar-refractivity contribution in [1.29, 1.82) is 0 Å². The number of ether oxygens (including phenoxy) is 1. The first-order chi connectivity index (χ1) is 11.3. The average molecular weight is 341 g/mol. The van der Waals surface area contributed by atoms with Crippen LogP contribution in [0.3, 0.4) is 0 Å². The predicted octanol–water partition coefficient (Wildman–Crippen LogP) is 4.34. The van der Waals surface area contributed by atoms with Crippen molar-refractivity contribution >= 4 is 28.6 Å². The number of benzene rings is 1. The van der Waals surface area contributed by atoms with Crippen molar-refractivity contribution < 1.29 is 9.53 Å². The summed E-state index contributed by atoms with van der Waals surface area (Å²) >= 11 is 3.23. The fourth-order valence-electron chi connectivity index (χ4n) is 2.65. The Morgan fingerprint density at radius 1 is 1.26 bits per heavy atom. The van der Waals surface area contributed by atoms with Gasteiger partial charge in [-0.1, -0.05) is 12.1 Å². The van der Waals surface area contributed by atoms with Crippen molar-refractivity contribution in [3.05, 3.63) is 63.2 Å². The molecule has 3 nitrogen and oxygen atoms in total. The standard InChI is InChI=1S/C18H15NO2S2/c20-18(19-7-5-12-6-8-22-11-12)16-9-13-10-21-15-4-2-1-3-14(15)17(13)23-16/h1-4,6,8-9,11H,5,7,10H2,(H,19,20). The molecule has 0 unspecified atom stereocenters. The fraction of sp³-hybridized carbons (Fsp3) is 0.167. The summed E-state index contributed by atoms with van der Waals surface area (Å²) < 4.78 is 5.75. The van der Waals surface area contributed by atoms with E-state index >= 15 is 0 Å². The number of nitrogens with one attached hydrogen (secondary N) is 1. The van der Waals surface area contributed by atoms with Gasteiger partial charge in [-0.15, -0.1) is 11.3 Å². The number of hydrogen-bond acceptors (Lipinski definition) is 4. The van der Waals surface area contributed by atoms with E-state index in [0.717, 1.165) is 33.1 Å². The molecule has 0 atom stereocenters. The lowest BCUT2D eigenvalue weighted by Gasteiger charge is -2.16. The number of thiophene rings is 2. The smallest absolute Gasteiger partial charge is 0.261 e. The molecule has 1 N–H and O–H groups in total. The quantitative estimate of drug-likeness (QED) is 0.766. The van der Waals surface area contributed by atoms with Crippen LogP contribution in [0, 0.1) is 0 Å². The molecule has 1 aromatic carbocycles. The lowest BCUT2D eigenvalue weighted by molar-refractivity contribution is 0.0958. The van der Waals surface area contributed by atoms with E-state index in [9.17, 15) is 4.79 Å². The second kappa shape index (κ2) is 6.18. The van der Waals surface area contributed by atoms with Crippen LogP contribution in [0.4, 0.5) is 0 Å². The third-order valence-electron chi connectivity index (χ3n) is 3.83. The van der Waals surface area contributed by atoms with Crippen LogP contribution in [-0.2, 0) is 13.0 Å². The molecule has 1 aliphatic heterocycles. The van der Waals surface area contributed by atoms with Crippen LogP contribution in [0.5, 0.6) is 5.75 Å². The molecule has 0 fully saturated rings. The highest BCUT2D eigenvalue weighted by molar-refractivity contribution is 7.17. The van der Waals surface area contributed by atoms with Crippen molar-refractivity contribution in [1.82, 2.24) is 5.32 Å². The van der Waals surface area contributed by atoms with Gasteiger partial charge in [-0.3, -0.25) is 4.79 Å². The van der Waals surface area contributed by atoms with E-state index in [1.807, 2.05) is 30.3 Å². The maximum atomic E-state index is 12.4. The number of carbonyl (C=O) groups excluding carboxylic acids is 1. The van der Waals surface area contributed by atoms with Gasteiger partial charge in [0.05, 0.1) is 4.88 Å². The van der Waals surface area contributed by atoms with Crippen LogP contribution in [-0.4, -0.2) is 12.5 Å². The minimum absolute atomic E-state index is 0.00268. The molecule has 3 heterocycles. The Balaban J connectivity index is 1.48. The van der Waals surface area contributed by atoms with Gasteiger partial charge in [0.15, 0.2) is 0 Å². The van der Waals surface area contributed by atoms with E-state index in [-0.39, 0.29) is 5.91 Å². The fourth-order valence-corrected chi connectivity index (χ4v) is 4.47. The van der Waals surface area contributed by atoms with Crippen molar-refractivity contribution in [2.75, 3.05) is 6.54 Å². The Morgan fingerprint density at radius 2 is 2.17 bits per heavy atom.